The van der Waals surface area contributed by atoms with Crippen LogP contribution in [0.15, 0.2) is 50.4 Å². The van der Waals surface area contributed by atoms with Gasteiger partial charge in [-0.1, -0.05) is 4.43 Å². The second kappa shape index (κ2) is 8.31. The lowest BCUT2D eigenvalue weighted by Crippen LogP contribution is -2.47. The molecule has 0 spiro atoms. The van der Waals surface area contributed by atoms with Crippen molar-refractivity contribution in [2.75, 3.05) is 0 Å². The van der Waals surface area contributed by atoms with E-state index in [0.29, 0.717) is 20.8 Å². The maximum Gasteiger partial charge on any atom is 0.406 e. The fourth-order valence-electron chi connectivity index (χ4n) is 3.86. The molecule has 0 bridgehead atoms. The molecular weight excluding hydrogens is 488 g/mol. The van der Waals surface area contributed by atoms with E-state index in [1.807, 2.05) is 0 Å². The zero-order valence-electron chi connectivity index (χ0n) is 17.1. The highest BCUT2D eigenvalue weighted by Crippen LogP contribution is 2.45. The zero-order chi connectivity index (χ0) is 25.2. The molecule has 0 fully saturated rings. The summed E-state index contributed by atoms with van der Waals surface area (Å²) in [6.45, 7) is 1.60. The van der Waals surface area contributed by atoms with Crippen LogP contribution in [0.1, 0.15) is 19.4 Å². The average molecular weight is 502 g/mol. The summed E-state index contributed by atoms with van der Waals surface area (Å²) in [7, 11) is 0. The molecule has 33 heavy (non-hydrogen) atoms. The van der Waals surface area contributed by atoms with Gasteiger partial charge in [-0.25, -0.2) is 48.3 Å². The van der Waals surface area contributed by atoms with E-state index in [4.69, 9.17) is 0 Å². The third-order valence-electron chi connectivity index (χ3n) is 5.60. The Bertz CT molecular complexity index is 1090. The molecule has 0 saturated carbocycles. The summed E-state index contributed by atoms with van der Waals surface area (Å²) >= 11 is -4.78. The molecule has 0 N–H and O–H groups in total. The lowest BCUT2D eigenvalue weighted by molar-refractivity contribution is 0.113. The number of allylic oxidation sites excluding steroid dienone is 8. The molecule has 0 saturated heterocycles. The first-order valence-corrected chi connectivity index (χ1v) is 11.1. The first-order chi connectivity index (χ1) is 15.0. The minimum atomic E-state index is -4.78. The van der Waals surface area contributed by atoms with Crippen LogP contribution in [0.3, 0.4) is 0 Å². The molecule has 0 nitrogen and oxygen atoms in total. The normalized spacial score (nSPS) is 30.5. The standard InChI is InChI=1S/2C7H5F4.C7H4F3.Al/c2*1-7(11)3-4(8)2-5(9)6(7)10;1-4-2-5(8)3-6(9)7(4)10;/h2*3,6H,1H3;3H,1H3;. The van der Waals surface area contributed by atoms with Gasteiger partial charge in [0.1, 0.15) is 29.1 Å². The number of benzene rings is 1. The second-order valence-corrected chi connectivity index (χ2v) is 10.8. The quantitative estimate of drug-likeness (QED) is 0.251. The Morgan fingerprint density at radius 3 is 1.52 bits per heavy atom. The molecule has 4 unspecified atom stereocenters. The van der Waals surface area contributed by atoms with Gasteiger partial charge >= 0.3 is 14.1 Å². The zero-order valence-corrected chi connectivity index (χ0v) is 18.3. The van der Waals surface area contributed by atoms with Gasteiger partial charge in [0.2, 0.25) is 0 Å². The molecule has 0 aromatic heterocycles. The van der Waals surface area contributed by atoms with E-state index in [1.54, 1.807) is 0 Å². The summed E-state index contributed by atoms with van der Waals surface area (Å²) in [5.41, 5.74) is -7.50. The van der Waals surface area contributed by atoms with Gasteiger partial charge in [-0.3, -0.25) is 0 Å². The minimum Gasteiger partial charge on any atom is -0.236 e. The number of halogens is 11. The van der Waals surface area contributed by atoms with Crippen molar-refractivity contribution < 1.29 is 48.3 Å². The van der Waals surface area contributed by atoms with Crippen LogP contribution in [-0.2, 0) is 0 Å². The Morgan fingerprint density at radius 2 is 1.12 bits per heavy atom. The molecule has 0 amide bonds. The van der Waals surface area contributed by atoms with E-state index in [2.05, 4.69) is 0 Å². The molecule has 12 heteroatoms. The Labute approximate surface area is 185 Å². The SMILES string of the molecule is Cc1c(F)c(F)cc(F)[c]1[Al]([C]1=C(F)C(F)C(C)(F)C=C1F)[C]1=C(F)C(F)C(C)(F)C=C1F. The lowest BCUT2D eigenvalue weighted by atomic mass is 9.95. The topological polar surface area (TPSA) is 0 Å². The van der Waals surface area contributed by atoms with Gasteiger partial charge in [0.25, 0.3) is 0 Å². The van der Waals surface area contributed by atoms with Crippen molar-refractivity contribution in [1.82, 2.24) is 0 Å². The van der Waals surface area contributed by atoms with Crippen molar-refractivity contribution in [3.05, 3.63) is 73.4 Å². The van der Waals surface area contributed by atoms with Gasteiger partial charge in [-0.05, 0) is 47.4 Å². The molecule has 0 heterocycles. The van der Waals surface area contributed by atoms with Gasteiger partial charge in [-0.2, -0.15) is 0 Å². The van der Waals surface area contributed by atoms with Crippen molar-refractivity contribution in [1.29, 1.82) is 0 Å². The molecule has 2 aliphatic carbocycles. The maximum absolute atomic E-state index is 14.9. The van der Waals surface area contributed by atoms with E-state index in [-0.39, 0.29) is 18.2 Å². The predicted molar refractivity (Wildman–Crippen MR) is 99.9 cm³/mol. The summed E-state index contributed by atoms with van der Waals surface area (Å²) in [5.74, 6) is -13.5. The number of hydrogen-bond acceptors (Lipinski definition) is 0. The van der Waals surface area contributed by atoms with Crippen molar-refractivity contribution in [2.24, 2.45) is 0 Å². The molecule has 0 radical (unpaired) electrons. The Balaban J connectivity index is 2.46. The molecular formula is C21H14AlF11. The van der Waals surface area contributed by atoms with Crippen molar-refractivity contribution in [3.63, 3.8) is 0 Å². The molecule has 0 aliphatic heterocycles. The molecule has 178 valence electrons. The lowest BCUT2D eigenvalue weighted by Gasteiger charge is -2.32. The Morgan fingerprint density at radius 1 is 0.727 bits per heavy atom. The van der Waals surface area contributed by atoms with Gasteiger partial charge in [0.05, 0.1) is 0 Å². The summed E-state index contributed by atoms with van der Waals surface area (Å²) in [5, 5.41) is 0. The summed E-state index contributed by atoms with van der Waals surface area (Å²) in [4.78, 5) is 0. The first-order valence-electron chi connectivity index (χ1n) is 9.39. The van der Waals surface area contributed by atoms with Crippen LogP contribution in [0.25, 0.3) is 0 Å². The number of hydrogen-bond donors (Lipinski definition) is 0. The number of rotatable bonds is 3. The third-order valence-corrected chi connectivity index (χ3v) is 9.15. The smallest absolute Gasteiger partial charge is 0.236 e. The van der Waals surface area contributed by atoms with Crippen LogP contribution < -0.4 is 4.43 Å². The first kappa shape index (κ1) is 25.6. The fourth-order valence-corrected chi connectivity index (χ4v) is 7.21. The van der Waals surface area contributed by atoms with E-state index < -0.39 is 97.4 Å². The molecule has 2 aliphatic rings. The van der Waals surface area contributed by atoms with Crippen LogP contribution in [0, 0.1) is 24.4 Å². The summed E-state index contributed by atoms with van der Waals surface area (Å²) in [6.07, 6.45) is -6.58. The van der Waals surface area contributed by atoms with E-state index >= 15 is 0 Å². The maximum atomic E-state index is 14.9. The van der Waals surface area contributed by atoms with Crippen LogP contribution in [0.2, 0.25) is 0 Å². The van der Waals surface area contributed by atoms with Gasteiger partial charge < -0.3 is 0 Å². The molecule has 4 atom stereocenters. The predicted octanol–water partition coefficient (Wildman–Crippen LogP) is 6.51. The molecule has 3 rings (SSSR count). The monoisotopic (exact) mass is 502 g/mol. The Hall–Kier alpha value is -2.06. The van der Waals surface area contributed by atoms with E-state index in [0.717, 1.165) is 0 Å². The second-order valence-electron chi connectivity index (χ2n) is 8.16. The summed E-state index contributed by atoms with van der Waals surface area (Å²) in [6, 6.07) is -0.0815. The third kappa shape index (κ3) is 4.05. The van der Waals surface area contributed by atoms with Gasteiger partial charge in [-0.15, -0.1) is 0 Å². The number of alkyl halides is 4. The van der Waals surface area contributed by atoms with Crippen molar-refractivity contribution in [3.8, 4) is 0 Å². The summed E-state index contributed by atoms with van der Waals surface area (Å²) < 4.78 is 155. The highest BCUT2D eigenvalue weighted by Gasteiger charge is 2.53. The van der Waals surface area contributed by atoms with Crippen LogP contribution in [0.4, 0.5) is 48.3 Å². The van der Waals surface area contributed by atoms with E-state index in [1.165, 1.54) is 0 Å². The van der Waals surface area contributed by atoms with Crippen LogP contribution in [-0.4, -0.2) is 37.8 Å². The van der Waals surface area contributed by atoms with E-state index in [9.17, 15) is 48.3 Å². The Kier molecular flexibility index (Phi) is 6.44. The largest absolute Gasteiger partial charge is 0.406 e. The molecule has 1 aromatic rings. The van der Waals surface area contributed by atoms with Gasteiger partial charge in [0.15, 0.2) is 35.3 Å². The highest BCUT2D eigenvalue weighted by atomic mass is 27.2. The average Bonchev–Trinajstić information content (AvgIpc) is 2.68. The van der Waals surface area contributed by atoms with Crippen molar-refractivity contribution >= 4 is 18.6 Å². The highest BCUT2D eigenvalue weighted by molar-refractivity contribution is 6.88. The van der Waals surface area contributed by atoms with Crippen LogP contribution >= 0.6 is 0 Å². The molecule has 1 aromatic carbocycles. The van der Waals surface area contributed by atoms with Gasteiger partial charge in [0, 0.05) is 6.07 Å². The van der Waals surface area contributed by atoms with Crippen molar-refractivity contribution in [2.45, 2.75) is 44.5 Å². The minimum absolute atomic E-state index is 0.0711. The fraction of sp³-hybridized carbons (Fsp3) is 0.333. The van der Waals surface area contributed by atoms with Crippen LogP contribution in [0.5, 0.6) is 0 Å².